The number of aliphatic imine (C=N–C) groups is 1. The molecule has 15 heteroatoms. The van der Waals surface area contributed by atoms with Gasteiger partial charge in [0.15, 0.2) is 5.96 Å². The number of fused-ring (bicyclic) bond motifs is 1. The summed E-state index contributed by atoms with van der Waals surface area (Å²) in [6, 6.07) is 12.9. The van der Waals surface area contributed by atoms with Crippen molar-refractivity contribution in [1.82, 2.24) is 31.2 Å². The Kier molecular flexibility index (Phi) is 16.3. The van der Waals surface area contributed by atoms with Gasteiger partial charge in [0.05, 0.1) is 0 Å². The first kappa shape index (κ1) is 44.1. The lowest BCUT2D eigenvalue weighted by molar-refractivity contribution is -0.138. The normalized spacial score (nSPS) is 15.2. The van der Waals surface area contributed by atoms with Crippen LogP contribution >= 0.6 is 0 Å². The lowest BCUT2D eigenvalue weighted by Crippen LogP contribution is -2.59. The van der Waals surface area contributed by atoms with Gasteiger partial charge in [-0.1, -0.05) is 62.4 Å². The molecule has 0 bridgehead atoms. The van der Waals surface area contributed by atoms with Gasteiger partial charge in [-0.2, -0.15) is 0 Å². The summed E-state index contributed by atoms with van der Waals surface area (Å²) in [4.78, 5) is 78.5. The number of carbonyl (C=O) groups excluding carboxylic acids is 5. The summed E-state index contributed by atoms with van der Waals surface area (Å²) in [7, 11) is 0. The monoisotopic (exact) mass is 787 g/mol. The molecule has 1 aliphatic heterocycles. The third-order valence-corrected chi connectivity index (χ3v) is 9.59. The summed E-state index contributed by atoms with van der Waals surface area (Å²) >= 11 is 0. The van der Waals surface area contributed by atoms with Gasteiger partial charge in [-0.25, -0.2) is 4.79 Å². The average molecular weight is 788 g/mol. The maximum Gasteiger partial charge on any atom is 0.408 e. The fraction of sp³-hybridized carbons (Fsp3) is 0.524. The van der Waals surface area contributed by atoms with E-state index in [1.807, 2.05) is 68.4 Å². The van der Waals surface area contributed by atoms with Gasteiger partial charge in [0, 0.05) is 49.6 Å². The number of rotatable bonds is 18. The lowest BCUT2D eigenvalue weighted by atomic mass is 10.00. The third kappa shape index (κ3) is 14.4. The highest BCUT2D eigenvalue weighted by molar-refractivity contribution is 5.96. The molecule has 1 saturated heterocycles. The van der Waals surface area contributed by atoms with Crippen LogP contribution < -0.4 is 32.7 Å². The van der Waals surface area contributed by atoms with Gasteiger partial charge < -0.3 is 47.4 Å². The highest BCUT2D eigenvalue weighted by Crippen LogP contribution is 2.20. The van der Waals surface area contributed by atoms with Crippen molar-refractivity contribution in [2.24, 2.45) is 22.4 Å². The fourth-order valence-corrected chi connectivity index (χ4v) is 6.86. The van der Waals surface area contributed by atoms with Gasteiger partial charge in [-0.3, -0.25) is 24.2 Å². The average Bonchev–Trinajstić information content (AvgIpc) is 3.57. The molecule has 3 aromatic rings. The zero-order valence-electron chi connectivity index (χ0n) is 33.9. The van der Waals surface area contributed by atoms with Crippen molar-refractivity contribution in [1.29, 1.82) is 0 Å². The molecule has 4 atom stereocenters. The van der Waals surface area contributed by atoms with E-state index in [2.05, 4.69) is 31.2 Å². The fourth-order valence-electron chi connectivity index (χ4n) is 6.86. The molecule has 5 amide bonds. The van der Waals surface area contributed by atoms with Gasteiger partial charge in [0.1, 0.15) is 29.8 Å². The number of nitrogens with zero attached hydrogens (tertiary/aromatic N) is 2. The van der Waals surface area contributed by atoms with Crippen LogP contribution in [0.1, 0.15) is 84.3 Å². The van der Waals surface area contributed by atoms with E-state index in [0.717, 1.165) is 41.3 Å². The number of aromatic nitrogens is 1. The minimum absolute atomic E-state index is 0.00515. The number of H-pyrrole nitrogens is 1. The van der Waals surface area contributed by atoms with E-state index in [9.17, 15) is 24.0 Å². The van der Waals surface area contributed by atoms with Crippen LogP contribution in [0.4, 0.5) is 4.79 Å². The molecule has 9 N–H and O–H groups in total. The maximum absolute atomic E-state index is 14.5. The van der Waals surface area contributed by atoms with Crippen molar-refractivity contribution in [3.8, 4) is 0 Å². The van der Waals surface area contributed by atoms with E-state index in [4.69, 9.17) is 16.2 Å². The number of hydrogen-bond acceptors (Lipinski definition) is 7. The minimum atomic E-state index is -1.15. The molecule has 1 fully saturated rings. The highest BCUT2D eigenvalue weighted by atomic mass is 16.6. The molecule has 1 aliphatic rings. The van der Waals surface area contributed by atoms with E-state index < -0.39 is 53.6 Å². The SMILES string of the molecule is CC(C)C[C@H](NC(=O)OC(C)(C)C)C(=O)N[C@@H](CCCN=C(N)N)C(=O)N[C@@H](Cc1c[nH]c2ccccc12)C(=O)N[C@@H](Cc1ccccc1)C(=O)N1CCCCC1. The molecule has 310 valence electrons. The van der Waals surface area contributed by atoms with Crippen LogP contribution in [0.2, 0.25) is 0 Å². The molecule has 0 saturated carbocycles. The van der Waals surface area contributed by atoms with Gasteiger partial charge in [-0.15, -0.1) is 0 Å². The quantitative estimate of drug-likeness (QED) is 0.0573. The first-order valence-electron chi connectivity index (χ1n) is 19.9. The number of likely N-dealkylation sites (tertiary alicyclic amines) is 1. The summed E-state index contributed by atoms with van der Waals surface area (Å²) < 4.78 is 5.42. The topological polar surface area (TPSA) is 226 Å². The highest BCUT2D eigenvalue weighted by Gasteiger charge is 2.34. The molecule has 0 radical (unpaired) electrons. The Morgan fingerprint density at radius 3 is 2.07 bits per heavy atom. The molecule has 0 aliphatic carbocycles. The first-order valence-corrected chi connectivity index (χ1v) is 19.9. The Balaban J connectivity index is 1.64. The molecular weight excluding hydrogens is 727 g/mol. The summed E-state index contributed by atoms with van der Waals surface area (Å²) in [5.74, 6) is -2.05. The Morgan fingerprint density at radius 1 is 0.789 bits per heavy atom. The second-order valence-corrected chi connectivity index (χ2v) is 16.1. The Bertz CT molecular complexity index is 1830. The number of nitrogens with two attached hydrogens (primary N) is 2. The number of guanidine groups is 1. The van der Waals surface area contributed by atoms with Crippen LogP contribution in [-0.2, 0) is 36.8 Å². The Labute approximate surface area is 335 Å². The van der Waals surface area contributed by atoms with Crippen LogP contribution in [-0.4, -0.2) is 95.0 Å². The number of para-hydroxylation sites is 1. The van der Waals surface area contributed by atoms with E-state index in [-0.39, 0.29) is 50.0 Å². The van der Waals surface area contributed by atoms with Crippen molar-refractivity contribution in [3.05, 3.63) is 71.9 Å². The number of ether oxygens (including phenoxy) is 1. The van der Waals surface area contributed by atoms with Gasteiger partial charge >= 0.3 is 6.09 Å². The van der Waals surface area contributed by atoms with Gasteiger partial charge in [-0.05, 0) is 82.4 Å². The van der Waals surface area contributed by atoms with Crippen LogP contribution in [0.3, 0.4) is 0 Å². The first-order chi connectivity index (χ1) is 27.1. The number of alkyl carbamates (subject to hydrolysis) is 1. The zero-order chi connectivity index (χ0) is 41.5. The smallest absolute Gasteiger partial charge is 0.408 e. The summed E-state index contributed by atoms with van der Waals surface area (Å²) in [5.41, 5.74) is 12.8. The molecule has 2 aromatic carbocycles. The predicted molar refractivity (Wildman–Crippen MR) is 221 cm³/mol. The Morgan fingerprint density at radius 2 is 1.40 bits per heavy atom. The largest absolute Gasteiger partial charge is 0.444 e. The van der Waals surface area contributed by atoms with Crippen molar-refractivity contribution in [2.75, 3.05) is 19.6 Å². The number of amides is 5. The molecule has 57 heavy (non-hydrogen) atoms. The molecule has 4 rings (SSSR count). The minimum Gasteiger partial charge on any atom is -0.444 e. The third-order valence-electron chi connectivity index (χ3n) is 9.59. The van der Waals surface area contributed by atoms with Crippen molar-refractivity contribution in [2.45, 2.75) is 116 Å². The summed E-state index contributed by atoms with van der Waals surface area (Å²) in [6.07, 6.45) is 4.89. The lowest BCUT2D eigenvalue weighted by Gasteiger charge is -2.32. The van der Waals surface area contributed by atoms with Crippen LogP contribution in [0.5, 0.6) is 0 Å². The van der Waals surface area contributed by atoms with Crippen molar-refractivity contribution >= 4 is 46.6 Å². The molecule has 0 spiro atoms. The van der Waals surface area contributed by atoms with Crippen LogP contribution in [0.25, 0.3) is 10.9 Å². The van der Waals surface area contributed by atoms with Crippen LogP contribution in [0.15, 0.2) is 65.8 Å². The van der Waals surface area contributed by atoms with Crippen molar-refractivity contribution in [3.63, 3.8) is 0 Å². The number of aromatic amines is 1. The molecule has 15 nitrogen and oxygen atoms in total. The standard InChI is InChI=1S/C42H61N9O6/c1-27(2)23-33(50-41(56)57-42(3,4)5)37(53)47-32(19-14-20-45-40(43)44)36(52)48-34(25-29-26-46-31-18-11-10-17-30(29)31)38(54)49-35(24-28-15-8-6-9-16-28)39(55)51-21-12-7-13-22-51/h6,8-11,15-18,26-27,32-35,46H,7,12-14,19-25H2,1-5H3,(H,47,53)(H,48,52)(H,49,54)(H,50,56)(H4,43,44,45)/t32-,33-,34-,35-/m0/s1. The summed E-state index contributed by atoms with van der Waals surface area (Å²) in [5, 5.41) is 12.3. The van der Waals surface area contributed by atoms with Gasteiger partial charge in [0.2, 0.25) is 23.6 Å². The number of piperidine rings is 1. The number of hydrogen-bond donors (Lipinski definition) is 7. The molecule has 0 unspecified atom stereocenters. The molecular formula is C42H61N9O6. The van der Waals surface area contributed by atoms with Crippen molar-refractivity contribution < 1.29 is 28.7 Å². The van der Waals surface area contributed by atoms with Crippen LogP contribution in [0, 0.1) is 5.92 Å². The van der Waals surface area contributed by atoms with E-state index in [1.54, 1.807) is 31.9 Å². The number of benzene rings is 2. The Hall–Kier alpha value is -5.60. The molecule has 1 aromatic heterocycles. The predicted octanol–water partition coefficient (Wildman–Crippen LogP) is 3.41. The van der Waals surface area contributed by atoms with Gasteiger partial charge in [0.25, 0.3) is 0 Å². The number of nitrogens with one attached hydrogen (secondary N) is 5. The zero-order valence-corrected chi connectivity index (χ0v) is 33.9. The second kappa shape index (κ2) is 21.1. The van der Waals surface area contributed by atoms with E-state index >= 15 is 0 Å². The van der Waals surface area contributed by atoms with E-state index in [0.29, 0.717) is 19.5 Å². The summed E-state index contributed by atoms with van der Waals surface area (Å²) in [6.45, 7) is 10.4. The second-order valence-electron chi connectivity index (χ2n) is 16.1. The maximum atomic E-state index is 14.5. The number of carbonyl (C=O) groups is 5. The van der Waals surface area contributed by atoms with E-state index in [1.165, 1.54) is 0 Å². The molecule has 2 heterocycles.